The number of carboxylic acids is 1. The van der Waals surface area contributed by atoms with Crippen molar-refractivity contribution in [2.45, 2.75) is 88.6 Å². The first-order valence-corrected chi connectivity index (χ1v) is 18.5. The molecule has 3 unspecified atom stereocenters. The van der Waals surface area contributed by atoms with Crippen molar-refractivity contribution in [3.63, 3.8) is 0 Å². The lowest BCUT2D eigenvalue weighted by atomic mass is 9.60. The molecule has 3 aliphatic heterocycles. The van der Waals surface area contributed by atoms with E-state index in [9.17, 15) is 27.9 Å². The molecule has 3 fully saturated rings. The van der Waals surface area contributed by atoms with Crippen LogP contribution in [0.1, 0.15) is 69.7 Å². The number of rotatable bonds is 11. The standard InChI is InChI=1S/C31H40N8O10S2/c1-29(2)23(26(41)39(29)49-51(44,45)46)37-25(40)22(19-15-50-28(33)36-19)38-48-30(3,27(42)43)21-7-5-16-12-17(4-6-20(16)47-21)24(32)35-18-13-31(14-18)8-10-34-11-9-31/h4,6,12,15,18,21,23,34H,5,7-11,13-14H2,1-3H3,(H2,32,35)(H2,33,36)(H,37,40)(H,42,43)(H,44,45,46). The number of β-lactam (4-membered cyclic amide) rings is 1. The molecule has 1 spiro atoms. The summed E-state index contributed by atoms with van der Waals surface area (Å²) in [5.74, 6) is -2.69. The molecule has 0 bridgehead atoms. The van der Waals surface area contributed by atoms with Gasteiger partial charge >= 0.3 is 16.4 Å². The Morgan fingerprint density at radius 3 is 2.57 bits per heavy atom. The first-order chi connectivity index (χ1) is 23.9. The lowest BCUT2D eigenvalue weighted by molar-refractivity contribution is -0.218. The van der Waals surface area contributed by atoms with Crippen molar-refractivity contribution in [1.29, 1.82) is 5.41 Å². The minimum Gasteiger partial charge on any atom is -0.485 e. The van der Waals surface area contributed by atoms with Crippen molar-refractivity contribution >= 4 is 56.2 Å². The third kappa shape index (κ3) is 7.23. The maximum absolute atomic E-state index is 13.5. The number of piperidine rings is 1. The number of nitrogens with zero attached hydrogens (tertiary/aromatic N) is 3. The zero-order valence-corrected chi connectivity index (χ0v) is 29.7. The number of benzene rings is 1. The van der Waals surface area contributed by atoms with Gasteiger partial charge in [-0.2, -0.15) is 13.5 Å². The maximum atomic E-state index is 13.5. The molecule has 20 heteroatoms. The summed E-state index contributed by atoms with van der Waals surface area (Å²) in [6.45, 7) is 6.07. The first kappa shape index (κ1) is 36.4. The average molecular weight is 749 g/mol. The number of carboxylic acid groups (broad SMARTS) is 1. The molecule has 51 heavy (non-hydrogen) atoms. The van der Waals surface area contributed by atoms with Gasteiger partial charge in [-0.05, 0) is 102 Å². The van der Waals surface area contributed by atoms with E-state index in [1.54, 1.807) is 12.1 Å². The van der Waals surface area contributed by atoms with E-state index in [0.29, 0.717) is 34.0 Å². The van der Waals surface area contributed by atoms with Gasteiger partial charge in [-0.1, -0.05) is 5.16 Å². The number of amides is 2. The summed E-state index contributed by atoms with van der Waals surface area (Å²) in [4.78, 5) is 48.5. The Morgan fingerprint density at radius 2 is 1.96 bits per heavy atom. The number of hydrogen-bond donors (Lipinski definition) is 7. The van der Waals surface area contributed by atoms with E-state index in [0.717, 1.165) is 55.7 Å². The summed E-state index contributed by atoms with van der Waals surface area (Å²) >= 11 is 0.969. The van der Waals surface area contributed by atoms with Gasteiger partial charge in [0.25, 0.3) is 17.4 Å². The van der Waals surface area contributed by atoms with Gasteiger partial charge in [0, 0.05) is 17.0 Å². The summed E-state index contributed by atoms with van der Waals surface area (Å²) in [5, 5.41) is 33.9. The number of anilines is 1. The molecule has 1 aromatic carbocycles. The van der Waals surface area contributed by atoms with Crippen LogP contribution in [0, 0.1) is 10.8 Å². The average Bonchev–Trinajstić information content (AvgIpc) is 3.50. The van der Waals surface area contributed by atoms with Crippen molar-refractivity contribution in [1.82, 2.24) is 26.0 Å². The molecule has 8 N–H and O–H groups in total. The van der Waals surface area contributed by atoms with Crippen molar-refractivity contribution < 1.29 is 46.3 Å². The molecule has 4 heterocycles. The number of nitrogens with two attached hydrogens (primary N) is 1. The molecule has 1 aromatic heterocycles. The number of carbonyl (C=O) groups excluding carboxylic acids is 2. The third-order valence-electron chi connectivity index (χ3n) is 10.1. The fraction of sp³-hybridized carbons (Fsp3) is 0.548. The lowest BCUT2D eigenvalue weighted by Crippen LogP contribution is -2.76. The van der Waals surface area contributed by atoms with Crippen LogP contribution in [-0.4, -0.2) is 99.9 Å². The molecule has 6 rings (SSSR count). The van der Waals surface area contributed by atoms with Crippen LogP contribution >= 0.6 is 11.3 Å². The Kier molecular flexibility index (Phi) is 9.51. The Bertz CT molecular complexity index is 1890. The van der Waals surface area contributed by atoms with Crippen LogP contribution in [0.4, 0.5) is 5.13 Å². The molecule has 0 radical (unpaired) electrons. The van der Waals surface area contributed by atoms with E-state index >= 15 is 0 Å². The number of aryl methyl sites for hydroxylation is 1. The van der Waals surface area contributed by atoms with Crippen LogP contribution < -0.4 is 26.4 Å². The van der Waals surface area contributed by atoms with Crippen LogP contribution in [0.2, 0.25) is 0 Å². The van der Waals surface area contributed by atoms with Gasteiger partial charge in [0.1, 0.15) is 23.3 Å². The van der Waals surface area contributed by atoms with Crippen LogP contribution in [0.25, 0.3) is 0 Å². The molecule has 3 atom stereocenters. The van der Waals surface area contributed by atoms with Crippen LogP contribution in [0.3, 0.4) is 0 Å². The summed E-state index contributed by atoms with van der Waals surface area (Å²) in [6, 6.07) is 4.21. The van der Waals surface area contributed by atoms with Gasteiger partial charge in [-0.15, -0.1) is 15.6 Å². The molecule has 1 saturated carbocycles. The largest absolute Gasteiger partial charge is 0.485 e. The summed E-state index contributed by atoms with van der Waals surface area (Å²) in [6.07, 6.45) is 3.96. The highest BCUT2D eigenvalue weighted by atomic mass is 32.3. The van der Waals surface area contributed by atoms with Gasteiger partial charge in [0.15, 0.2) is 16.9 Å². The number of carbonyl (C=O) groups is 3. The number of nitrogen functional groups attached to an aromatic ring is 1. The number of aromatic nitrogens is 1. The predicted octanol–water partition coefficient (Wildman–Crippen LogP) is 0.970. The van der Waals surface area contributed by atoms with Gasteiger partial charge in [0.05, 0.1) is 5.54 Å². The minimum atomic E-state index is -5.03. The predicted molar refractivity (Wildman–Crippen MR) is 182 cm³/mol. The van der Waals surface area contributed by atoms with E-state index in [4.69, 9.17) is 25.3 Å². The number of aliphatic carboxylic acids is 1. The second-order valence-electron chi connectivity index (χ2n) is 14.1. The molecular weight excluding hydrogens is 709 g/mol. The Balaban J connectivity index is 1.15. The number of hydroxylamine groups is 2. The van der Waals surface area contributed by atoms with Gasteiger partial charge in [0.2, 0.25) is 0 Å². The molecule has 1 aliphatic carbocycles. The fourth-order valence-corrected chi connectivity index (χ4v) is 8.07. The Morgan fingerprint density at radius 1 is 1.25 bits per heavy atom. The van der Waals surface area contributed by atoms with Gasteiger partial charge in [-0.25, -0.2) is 9.78 Å². The summed E-state index contributed by atoms with van der Waals surface area (Å²) < 4.78 is 41.8. The molecule has 2 aromatic rings. The quantitative estimate of drug-likeness (QED) is 0.0555. The van der Waals surface area contributed by atoms with Crippen molar-refractivity contribution in [3.05, 3.63) is 40.4 Å². The molecule has 276 valence electrons. The van der Waals surface area contributed by atoms with E-state index in [2.05, 4.69) is 30.4 Å². The second-order valence-corrected chi connectivity index (χ2v) is 15.9. The second kappa shape index (κ2) is 13.3. The number of amidine groups is 1. The first-order valence-electron chi connectivity index (χ1n) is 16.3. The molecule has 2 saturated heterocycles. The zero-order valence-electron chi connectivity index (χ0n) is 28.1. The smallest absolute Gasteiger partial charge is 0.418 e. The zero-order chi connectivity index (χ0) is 36.9. The Labute approximate surface area is 297 Å². The van der Waals surface area contributed by atoms with Crippen molar-refractivity contribution in [2.75, 3.05) is 18.8 Å². The van der Waals surface area contributed by atoms with Crippen molar-refractivity contribution in [2.24, 2.45) is 10.6 Å². The summed E-state index contributed by atoms with van der Waals surface area (Å²) in [5.41, 5.74) is 3.50. The molecule has 4 aliphatic rings. The number of hydrogen-bond acceptors (Lipinski definition) is 14. The van der Waals surface area contributed by atoms with Crippen LogP contribution in [0.5, 0.6) is 5.75 Å². The topological polar surface area (TPSA) is 268 Å². The van der Waals surface area contributed by atoms with E-state index in [1.165, 1.54) is 26.2 Å². The SMILES string of the molecule is CC(ON=C(C(=O)NC1C(=O)N(OS(=O)(=O)O)C1(C)C)c1csc(N)n1)(C(=O)O)C1CCc2cc(C(=N)NC3CC4(CCNCC4)C3)ccc2O1. The third-order valence-corrected chi connectivity index (χ3v) is 11.1. The number of thiazole rings is 1. The monoisotopic (exact) mass is 748 g/mol. The fourth-order valence-electron chi connectivity index (χ4n) is 7.07. The van der Waals surface area contributed by atoms with E-state index < -0.39 is 57.2 Å². The molecular formula is C31H40N8O10S2. The summed E-state index contributed by atoms with van der Waals surface area (Å²) in [7, 11) is -5.03. The van der Waals surface area contributed by atoms with Crippen molar-refractivity contribution in [3.8, 4) is 5.75 Å². The maximum Gasteiger partial charge on any atom is 0.418 e. The molecule has 2 amide bonds. The number of fused-ring (bicyclic) bond motifs is 1. The number of ether oxygens (including phenoxy) is 1. The van der Waals surface area contributed by atoms with Gasteiger partial charge in [-0.3, -0.25) is 19.6 Å². The minimum absolute atomic E-state index is 0.0625. The number of nitrogens with one attached hydrogen (secondary N) is 4. The molecule has 18 nitrogen and oxygen atoms in total. The Hall–Kier alpha value is -4.37. The van der Waals surface area contributed by atoms with Gasteiger partial charge < -0.3 is 36.4 Å². The number of oxime groups is 1. The van der Waals surface area contributed by atoms with E-state index in [-0.39, 0.29) is 23.3 Å². The van der Waals surface area contributed by atoms with Crippen LogP contribution in [-0.2, 0) is 40.3 Å². The highest BCUT2D eigenvalue weighted by Gasteiger charge is 2.58. The highest BCUT2D eigenvalue weighted by Crippen LogP contribution is 2.48. The highest BCUT2D eigenvalue weighted by molar-refractivity contribution is 7.80. The normalized spacial score (nSPS) is 23.9. The van der Waals surface area contributed by atoms with Crippen LogP contribution in [0.15, 0.2) is 28.7 Å². The van der Waals surface area contributed by atoms with E-state index in [1.807, 2.05) is 6.07 Å². The lowest BCUT2D eigenvalue weighted by Gasteiger charge is -2.50.